The Labute approximate surface area is 130 Å². The van der Waals surface area contributed by atoms with E-state index < -0.39 is 5.97 Å². The highest BCUT2D eigenvalue weighted by Gasteiger charge is 2.08. The fraction of sp³-hybridized carbons (Fsp3) is 0.0667. The van der Waals surface area contributed by atoms with E-state index in [9.17, 15) is 9.59 Å². The molecule has 6 heteroatoms. The second kappa shape index (κ2) is 7.10. The van der Waals surface area contributed by atoms with Gasteiger partial charge >= 0.3 is 5.97 Å². The lowest BCUT2D eigenvalue weighted by atomic mass is 10.3. The molecule has 1 amide bonds. The Hall–Kier alpha value is -2.05. The number of carbonyl (C=O) groups is 2. The standard InChI is InChI=1S/C15H13NO3S2/c1-20-11-4-2-10(3-5-11)16-15(19)13-8-6-12(21-13)7-9-14(17)18/h2-9H,1H3,(H,16,19)(H,17,18). The van der Waals surface area contributed by atoms with Gasteiger partial charge in [0.2, 0.25) is 0 Å². The van der Waals surface area contributed by atoms with Crippen molar-refractivity contribution in [2.24, 2.45) is 0 Å². The molecule has 1 aromatic carbocycles. The number of thiophene rings is 1. The SMILES string of the molecule is CSc1ccc(NC(=O)c2ccc(C=CC(=O)O)s2)cc1. The van der Waals surface area contributed by atoms with Gasteiger partial charge in [-0.15, -0.1) is 23.1 Å². The molecule has 4 nitrogen and oxygen atoms in total. The van der Waals surface area contributed by atoms with Crippen molar-refractivity contribution in [2.75, 3.05) is 11.6 Å². The minimum Gasteiger partial charge on any atom is -0.478 e. The molecule has 1 aromatic heterocycles. The number of carboxylic acid groups (broad SMARTS) is 1. The predicted octanol–water partition coefficient (Wildman–Crippen LogP) is 3.82. The van der Waals surface area contributed by atoms with Crippen LogP contribution in [-0.2, 0) is 4.79 Å². The second-order valence-corrected chi connectivity index (χ2v) is 6.05. The number of carbonyl (C=O) groups excluding carboxylic acids is 1. The molecule has 0 spiro atoms. The zero-order valence-corrected chi connectivity index (χ0v) is 12.8. The fourth-order valence-corrected chi connectivity index (χ4v) is 2.80. The zero-order chi connectivity index (χ0) is 15.2. The van der Waals surface area contributed by atoms with Gasteiger partial charge in [0.05, 0.1) is 4.88 Å². The number of hydrogen-bond donors (Lipinski definition) is 2. The van der Waals surface area contributed by atoms with Crippen molar-refractivity contribution in [3.8, 4) is 0 Å². The van der Waals surface area contributed by atoms with E-state index in [1.165, 1.54) is 17.4 Å². The third-order valence-electron chi connectivity index (χ3n) is 2.59. The molecule has 0 saturated carbocycles. The summed E-state index contributed by atoms with van der Waals surface area (Å²) < 4.78 is 0. The first-order valence-electron chi connectivity index (χ1n) is 6.05. The largest absolute Gasteiger partial charge is 0.478 e. The summed E-state index contributed by atoms with van der Waals surface area (Å²) in [7, 11) is 0. The second-order valence-electron chi connectivity index (χ2n) is 4.06. The van der Waals surface area contributed by atoms with Crippen LogP contribution in [0.1, 0.15) is 14.5 Å². The van der Waals surface area contributed by atoms with Crippen LogP contribution >= 0.6 is 23.1 Å². The summed E-state index contributed by atoms with van der Waals surface area (Å²) in [4.78, 5) is 24.9. The zero-order valence-electron chi connectivity index (χ0n) is 11.2. The number of benzene rings is 1. The summed E-state index contributed by atoms with van der Waals surface area (Å²) >= 11 is 2.88. The smallest absolute Gasteiger partial charge is 0.328 e. The Balaban J connectivity index is 2.04. The van der Waals surface area contributed by atoms with E-state index in [0.29, 0.717) is 4.88 Å². The van der Waals surface area contributed by atoms with Crippen LogP contribution in [0, 0.1) is 0 Å². The molecule has 0 aliphatic rings. The molecular weight excluding hydrogens is 306 g/mol. The average molecular weight is 319 g/mol. The lowest BCUT2D eigenvalue weighted by molar-refractivity contribution is -0.131. The van der Waals surface area contributed by atoms with E-state index in [-0.39, 0.29) is 5.91 Å². The molecule has 0 radical (unpaired) electrons. The summed E-state index contributed by atoms with van der Waals surface area (Å²) in [6.45, 7) is 0. The van der Waals surface area contributed by atoms with Crippen molar-refractivity contribution in [3.05, 3.63) is 52.2 Å². The van der Waals surface area contributed by atoms with Gasteiger partial charge in [-0.3, -0.25) is 4.79 Å². The third-order valence-corrected chi connectivity index (χ3v) is 4.38. The van der Waals surface area contributed by atoms with Gasteiger partial charge in [-0.2, -0.15) is 0 Å². The Kier molecular flexibility index (Phi) is 5.19. The Morgan fingerprint density at radius 3 is 2.52 bits per heavy atom. The first-order valence-corrected chi connectivity index (χ1v) is 8.09. The third kappa shape index (κ3) is 4.47. The number of carboxylic acids is 1. The molecular formula is C15H13NO3S2. The van der Waals surface area contributed by atoms with E-state index in [2.05, 4.69) is 5.32 Å². The molecule has 1 heterocycles. The molecule has 0 unspecified atom stereocenters. The number of thioether (sulfide) groups is 1. The van der Waals surface area contributed by atoms with Crippen LogP contribution < -0.4 is 5.32 Å². The quantitative estimate of drug-likeness (QED) is 0.649. The highest BCUT2D eigenvalue weighted by atomic mass is 32.2. The first kappa shape index (κ1) is 15.3. The fourth-order valence-electron chi connectivity index (χ4n) is 1.58. The van der Waals surface area contributed by atoms with Gasteiger partial charge in [0.15, 0.2) is 0 Å². The Morgan fingerprint density at radius 1 is 1.19 bits per heavy atom. The number of nitrogens with one attached hydrogen (secondary N) is 1. The maximum Gasteiger partial charge on any atom is 0.328 e. The number of hydrogen-bond acceptors (Lipinski definition) is 4. The molecule has 0 aliphatic carbocycles. The van der Waals surface area contributed by atoms with Crippen LogP contribution in [0.15, 0.2) is 47.4 Å². The highest BCUT2D eigenvalue weighted by Crippen LogP contribution is 2.21. The molecule has 2 rings (SSSR count). The van der Waals surface area contributed by atoms with Gasteiger partial charge in [0.25, 0.3) is 5.91 Å². The molecule has 21 heavy (non-hydrogen) atoms. The van der Waals surface area contributed by atoms with Gasteiger partial charge in [0.1, 0.15) is 0 Å². The molecule has 2 N–H and O–H groups in total. The van der Waals surface area contributed by atoms with E-state index in [1.54, 1.807) is 23.9 Å². The van der Waals surface area contributed by atoms with Crippen molar-refractivity contribution < 1.29 is 14.7 Å². The molecule has 108 valence electrons. The normalized spacial score (nSPS) is 10.7. The Bertz CT molecular complexity index is 674. The van der Waals surface area contributed by atoms with Crippen LogP contribution in [0.25, 0.3) is 6.08 Å². The van der Waals surface area contributed by atoms with Crippen LogP contribution in [0.4, 0.5) is 5.69 Å². The first-order chi connectivity index (χ1) is 10.1. The summed E-state index contributed by atoms with van der Waals surface area (Å²) in [5, 5.41) is 11.4. The molecule has 0 aliphatic heterocycles. The molecule has 0 saturated heterocycles. The van der Waals surface area contributed by atoms with Crippen molar-refractivity contribution in [2.45, 2.75) is 4.90 Å². The van der Waals surface area contributed by atoms with Gasteiger partial charge in [-0.25, -0.2) is 4.79 Å². The highest BCUT2D eigenvalue weighted by molar-refractivity contribution is 7.98. The van der Waals surface area contributed by atoms with E-state index in [4.69, 9.17) is 5.11 Å². The average Bonchev–Trinajstić information content (AvgIpc) is 2.95. The van der Waals surface area contributed by atoms with Gasteiger partial charge in [-0.1, -0.05) is 0 Å². The number of rotatable bonds is 5. The van der Waals surface area contributed by atoms with Crippen molar-refractivity contribution in [3.63, 3.8) is 0 Å². The van der Waals surface area contributed by atoms with Gasteiger partial charge < -0.3 is 10.4 Å². The summed E-state index contributed by atoms with van der Waals surface area (Å²) in [6.07, 6.45) is 4.51. The van der Waals surface area contributed by atoms with Crippen LogP contribution in [0.5, 0.6) is 0 Å². The predicted molar refractivity (Wildman–Crippen MR) is 87.2 cm³/mol. The van der Waals surface area contributed by atoms with Crippen molar-refractivity contribution in [1.82, 2.24) is 0 Å². The van der Waals surface area contributed by atoms with E-state index in [1.807, 2.05) is 30.5 Å². The lowest BCUT2D eigenvalue weighted by Gasteiger charge is -2.04. The molecule has 2 aromatic rings. The Morgan fingerprint density at radius 2 is 1.90 bits per heavy atom. The summed E-state index contributed by atoms with van der Waals surface area (Å²) in [5.74, 6) is -1.21. The van der Waals surface area contributed by atoms with Crippen LogP contribution in [-0.4, -0.2) is 23.2 Å². The molecule has 0 atom stereocenters. The monoisotopic (exact) mass is 319 g/mol. The number of aliphatic carboxylic acids is 1. The lowest BCUT2D eigenvalue weighted by Crippen LogP contribution is -2.09. The maximum absolute atomic E-state index is 12.1. The van der Waals surface area contributed by atoms with Crippen LogP contribution in [0.2, 0.25) is 0 Å². The van der Waals surface area contributed by atoms with Crippen LogP contribution in [0.3, 0.4) is 0 Å². The number of anilines is 1. The van der Waals surface area contributed by atoms with Gasteiger partial charge in [-0.05, 0) is 48.7 Å². The van der Waals surface area contributed by atoms with Gasteiger partial charge in [0, 0.05) is 21.5 Å². The summed E-state index contributed by atoms with van der Waals surface area (Å²) in [6, 6.07) is 11.0. The summed E-state index contributed by atoms with van der Waals surface area (Å²) in [5.41, 5.74) is 0.730. The minimum absolute atomic E-state index is 0.202. The van der Waals surface area contributed by atoms with E-state index in [0.717, 1.165) is 21.5 Å². The van der Waals surface area contributed by atoms with Crippen molar-refractivity contribution >= 4 is 46.7 Å². The topological polar surface area (TPSA) is 66.4 Å². The maximum atomic E-state index is 12.1. The van der Waals surface area contributed by atoms with Crippen molar-refractivity contribution in [1.29, 1.82) is 0 Å². The molecule has 0 fully saturated rings. The minimum atomic E-state index is -1.01. The van der Waals surface area contributed by atoms with E-state index >= 15 is 0 Å². The number of amides is 1. The molecule has 0 bridgehead atoms.